The van der Waals surface area contributed by atoms with Crippen molar-refractivity contribution < 1.29 is 13.2 Å². The normalized spacial score (nSPS) is 23.9. The van der Waals surface area contributed by atoms with Crippen LogP contribution in [-0.4, -0.2) is 33.7 Å². The van der Waals surface area contributed by atoms with E-state index in [4.69, 9.17) is 22.1 Å². The first-order valence-electron chi connectivity index (χ1n) is 6.59. The van der Waals surface area contributed by atoms with Gasteiger partial charge in [0.25, 0.3) is 0 Å². The number of nitrogens with two attached hydrogens (primary N) is 1. The summed E-state index contributed by atoms with van der Waals surface area (Å²) in [6, 6.07) is 3.36. The molecule has 3 N–H and O–H groups in total. The number of halogens is 1. The molecule has 1 aromatic rings. The SMILES string of the molecule is NC1CCC(OCCNS(=O)(=O)c2ccc(Cl)s2)CC1. The quantitative estimate of drug-likeness (QED) is 0.777. The molecule has 8 heteroatoms. The topological polar surface area (TPSA) is 81.4 Å². The smallest absolute Gasteiger partial charge is 0.250 e. The summed E-state index contributed by atoms with van der Waals surface area (Å²) in [5, 5.41) is 0. The van der Waals surface area contributed by atoms with Crippen molar-refractivity contribution in [3.63, 3.8) is 0 Å². The lowest BCUT2D eigenvalue weighted by molar-refractivity contribution is 0.0287. The minimum Gasteiger partial charge on any atom is -0.377 e. The Morgan fingerprint density at radius 1 is 1.35 bits per heavy atom. The summed E-state index contributed by atoms with van der Waals surface area (Å²) in [5.41, 5.74) is 5.82. The lowest BCUT2D eigenvalue weighted by atomic mass is 9.94. The predicted octanol–water partition coefficient (Wildman–Crippen LogP) is 1.97. The van der Waals surface area contributed by atoms with Crippen LogP contribution in [0.25, 0.3) is 0 Å². The highest BCUT2D eigenvalue weighted by molar-refractivity contribution is 7.91. The summed E-state index contributed by atoms with van der Waals surface area (Å²) in [5.74, 6) is 0. The summed E-state index contributed by atoms with van der Waals surface area (Å²) < 4.78 is 32.7. The summed E-state index contributed by atoms with van der Waals surface area (Å²) >= 11 is 6.77. The molecule has 1 aliphatic rings. The molecule has 0 aliphatic heterocycles. The van der Waals surface area contributed by atoms with Crippen LogP contribution in [0.5, 0.6) is 0 Å². The number of thiophene rings is 1. The molecule has 5 nitrogen and oxygen atoms in total. The maximum Gasteiger partial charge on any atom is 0.250 e. The van der Waals surface area contributed by atoms with Gasteiger partial charge in [0, 0.05) is 12.6 Å². The van der Waals surface area contributed by atoms with Gasteiger partial charge in [0.2, 0.25) is 10.0 Å². The monoisotopic (exact) mass is 338 g/mol. The second kappa shape index (κ2) is 7.20. The van der Waals surface area contributed by atoms with E-state index in [1.807, 2.05) is 0 Å². The zero-order valence-electron chi connectivity index (χ0n) is 11.0. The van der Waals surface area contributed by atoms with E-state index in [9.17, 15) is 8.42 Å². The molecule has 0 atom stereocenters. The highest BCUT2D eigenvalue weighted by atomic mass is 35.5. The number of nitrogens with one attached hydrogen (secondary N) is 1. The highest BCUT2D eigenvalue weighted by Crippen LogP contribution is 2.25. The molecule has 2 rings (SSSR count). The Balaban J connectivity index is 1.70. The van der Waals surface area contributed by atoms with Gasteiger partial charge >= 0.3 is 0 Å². The third kappa shape index (κ3) is 4.68. The zero-order chi connectivity index (χ0) is 14.6. The van der Waals surface area contributed by atoms with Gasteiger partial charge in [-0.1, -0.05) is 11.6 Å². The first kappa shape index (κ1) is 16.2. The van der Waals surface area contributed by atoms with Crippen LogP contribution < -0.4 is 10.5 Å². The van der Waals surface area contributed by atoms with Crippen LogP contribution in [-0.2, 0) is 14.8 Å². The maximum absolute atomic E-state index is 11.9. The lowest BCUT2D eigenvalue weighted by Gasteiger charge is -2.26. The summed E-state index contributed by atoms with van der Waals surface area (Å²) in [6.07, 6.45) is 4.06. The molecule has 20 heavy (non-hydrogen) atoms. The zero-order valence-corrected chi connectivity index (χ0v) is 13.4. The Labute approximate surface area is 128 Å². The summed E-state index contributed by atoms with van der Waals surface area (Å²) in [6.45, 7) is 0.638. The second-order valence-electron chi connectivity index (χ2n) is 4.86. The Morgan fingerprint density at radius 3 is 2.65 bits per heavy atom. The standard InChI is InChI=1S/C12H19ClN2O3S2/c13-11-5-6-12(19-11)20(16,17)15-7-8-18-10-3-1-9(14)2-4-10/h5-6,9-10,15H,1-4,7-8,14H2. The van der Waals surface area contributed by atoms with Crippen molar-refractivity contribution >= 4 is 33.0 Å². The van der Waals surface area contributed by atoms with E-state index in [0.717, 1.165) is 37.0 Å². The largest absolute Gasteiger partial charge is 0.377 e. The Morgan fingerprint density at radius 2 is 2.05 bits per heavy atom. The third-order valence-corrected chi connectivity index (χ3v) is 6.46. The van der Waals surface area contributed by atoms with Crippen molar-refractivity contribution in [2.75, 3.05) is 13.2 Å². The van der Waals surface area contributed by atoms with Gasteiger partial charge in [-0.2, -0.15) is 0 Å². The Hall–Kier alpha value is -0.180. The average molecular weight is 339 g/mol. The molecular formula is C12H19ClN2O3S2. The Kier molecular flexibility index (Phi) is 5.83. The first-order chi connectivity index (χ1) is 9.47. The minimum absolute atomic E-state index is 0.204. The predicted molar refractivity (Wildman–Crippen MR) is 80.7 cm³/mol. The Bertz CT molecular complexity index is 525. The molecule has 1 heterocycles. The molecule has 0 bridgehead atoms. The molecule has 1 fully saturated rings. The molecule has 1 aliphatic carbocycles. The van der Waals surface area contributed by atoms with Gasteiger partial charge in [-0.15, -0.1) is 11.3 Å². The van der Waals surface area contributed by atoms with Crippen molar-refractivity contribution in [1.82, 2.24) is 4.72 Å². The lowest BCUT2D eigenvalue weighted by Crippen LogP contribution is -2.32. The number of hydrogen-bond acceptors (Lipinski definition) is 5. The second-order valence-corrected chi connectivity index (χ2v) is 8.57. The molecule has 0 saturated heterocycles. The van der Waals surface area contributed by atoms with Crippen LogP contribution in [0.2, 0.25) is 4.34 Å². The molecular weight excluding hydrogens is 320 g/mol. The van der Waals surface area contributed by atoms with Crippen LogP contribution in [0.1, 0.15) is 25.7 Å². The van der Waals surface area contributed by atoms with Gasteiger partial charge in [-0.25, -0.2) is 13.1 Å². The summed E-state index contributed by atoms with van der Waals surface area (Å²) in [7, 11) is -3.47. The van der Waals surface area contributed by atoms with E-state index >= 15 is 0 Å². The fourth-order valence-corrected chi connectivity index (χ4v) is 4.71. The van der Waals surface area contributed by atoms with Crippen LogP contribution in [0.3, 0.4) is 0 Å². The van der Waals surface area contributed by atoms with E-state index in [2.05, 4.69) is 4.72 Å². The van der Waals surface area contributed by atoms with Crippen LogP contribution in [0.15, 0.2) is 16.3 Å². The molecule has 114 valence electrons. The van der Waals surface area contributed by atoms with Gasteiger partial charge in [-0.3, -0.25) is 0 Å². The first-order valence-corrected chi connectivity index (χ1v) is 9.27. The van der Waals surface area contributed by atoms with Crippen LogP contribution in [0.4, 0.5) is 0 Å². The molecule has 0 unspecified atom stereocenters. The van der Waals surface area contributed by atoms with Crippen LogP contribution >= 0.6 is 22.9 Å². The molecule has 1 aromatic heterocycles. The van der Waals surface area contributed by atoms with E-state index in [0.29, 0.717) is 10.9 Å². The van der Waals surface area contributed by atoms with Crippen molar-refractivity contribution in [3.05, 3.63) is 16.5 Å². The van der Waals surface area contributed by atoms with E-state index < -0.39 is 10.0 Å². The third-order valence-electron chi connectivity index (χ3n) is 3.28. The van der Waals surface area contributed by atoms with Crippen molar-refractivity contribution in [2.24, 2.45) is 5.73 Å². The van der Waals surface area contributed by atoms with E-state index in [-0.39, 0.29) is 22.9 Å². The van der Waals surface area contributed by atoms with Crippen molar-refractivity contribution in [3.8, 4) is 0 Å². The van der Waals surface area contributed by atoms with Gasteiger partial charge in [0.05, 0.1) is 17.0 Å². The molecule has 0 radical (unpaired) electrons. The minimum atomic E-state index is -3.47. The molecule has 0 aromatic carbocycles. The highest BCUT2D eigenvalue weighted by Gasteiger charge is 2.19. The fourth-order valence-electron chi connectivity index (χ4n) is 2.17. The van der Waals surface area contributed by atoms with Gasteiger partial charge in [0.1, 0.15) is 4.21 Å². The van der Waals surface area contributed by atoms with Gasteiger partial charge in [0.15, 0.2) is 0 Å². The maximum atomic E-state index is 11.9. The fraction of sp³-hybridized carbons (Fsp3) is 0.667. The number of sulfonamides is 1. The molecule has 1 saturated carbocycles. The number of rotatable bonds is 6. The number of hydrogen-bond donors (Lipinski definition) is 2. The molecule has 0 amide bonds. The van der Waals surface area contributed by atoms with E-state index in [1.165, 1.54) is 6.07 Å². The van der Waals surface area contributed by atoms with Crippen molar-refractivity contribution in [2.45, 2.75) is 42.0 Å². The average Bonchev–Trinajstić information content (AvgIpc) is 2.84. The number of ether oxygens (including phenoxy) is 1. The van der Waals surface area contributed by atoms with E-state index in [1.54, 1.807) is 6.07 Å². The van der Waals surface area contributed by atoms with Gasteiger partial charge < -0.3 is 10.5 Å². The van der Waals surface area contributed by atoms with Crippen molar-refractivity contribution in [1.29, 1.82) is 0 Å². The van der Waals surface area contributed by atoms with Gasteiger partial charge in [-0.05, 0) is 37.8 Å². The summed E-state index contributed by atoms with van der Waals surface area (Å²) in [4.78, 5) is 0. The molecule has 0 spiro atoms. The van der Waals surface area contributed by atoms with Crippen LogP contribution in [0, 0.1) is 0 Å².